The Morgan fingerprint density at radius 3 is 2.84 bits per heavy atom. The largest absolute Gasteiger partial charge is 0.340 e. The van der Waals surface area contributed by atoms with Crippen molar-refractivity contribution in [3.05, 3.63) is 10.6 Å². The molecule has 1 N–H and O–H groups in total. The Kier molecular flexibility index (Phi) is 5.31. The third kappa shape index (κ3) is 4.30. The van der Waals surface area contributed by atoms with Crippen LogP contribution in [-0.4, -0.2) is 46.6 Å². The van der Waals surface area contributed by atoms with Crippen LogP contribution in [-0.2, 0) is 0 Å². The van der Waals surface area contributed by atoms with Crippen LogP contribution in [0.15, 0.2) is 0 Å². The zero-order chi connectivity index (χ0) is 13.5. The van der Waals surface area contributed by atoms with Gasteiger partial charge in [0.25, 0.3) is 5.91 Å². The van der Waals surface area contributed by atoms with E-state index in [0.717, 1.165) is 31.2 Å². The van der Waals surface area contributed by atoms with E-state index in [2.05, 4.69) is 31.6 Å². The summed E-state index contributed by atoms with van der Waals surface area (Å²) in [7, 11) is 0. The molecule has 0 radical (unpaired) electrons. The highest BCUT2D eigenvalue weighted by Crippen LogP contribution is 2.08. The molecule has 2 rings (SSSR count). The predicted molar refractivity (Wildman–Crippen MR) is 75.0 cm³/mol. The molecule has 1 saturated heterocycles. The number of hydrogen-bond donors (Lipinski definition) is 1. The minimum absolute atomic E-state index is 0.139. The minimum Gasteiger partial charge on any atom is -0.340 e. The van der Waals surface area contributed by atoms with Crippen molar-refractivity contribution >= 4 is 17.4 Å². The Balaban J connectivity index is 1.69. The smallest absolute Gasteiger partial charge is 0.265 e. The average Bonchev–Trinajstić information content (AvgIpc) is 2.86. The van der Waals surface area contributed by atoms with Gasteiger partial charge in [-0.05, 0) is 44.4 Å². The molecule has 6 heteroatoms. The normalized spacial score (nSPS) is 15.6. The van der Waals surface area contributed by atoms with Crippen LogP contribution in [0.3, 0.4) is 0 Å². The first kappa shape index (κ1) is 14.0. The molecule has 1 fully saturated rings. The Labute approximate surface area is 117 Å². The highest BCUT2D eigenvalue weighted by atomic mass is 32.1. The molecule has 0 unspecified atom stereocenters. The second kappa shape index (κ2) is 7.22. The fourth-order valence-corrected chi connectivity index (χ4v) is 2.57. The van der Waals surface area contributed by atoms with Gasteiger partial charge in [-0.2, -0.15) is 0 Å². The van der Waals surface area contributed by atoms with Crippen molar-refractivity contribution in [1.29, 1.82) is 0 Å². The first-order chi connectivity index (χ1) is 9.27. The Morgan fingerprint density at radius 1 is 1.37 bits per heavy atom. The summed E-state index contributed by atoms with van der Waals surface area (Å²) in [5.41, 5.74) is 0.670. The summed E-state index contributed by atoms with van der Waals surface area (Å²) in [6.07, 6.45) is 3.88. The third-order valence-corrected chi connectivity index (χ3v) is 3.90. The molecule has 19 heavy (non-hydrogen) atoms. The summed E-state index contributed by atoms with van der Waals surface area (Å²) in [6.45, 7) is 5.25. The molecule has 1 aromatic rings. The maximum atomic E-state index is 11.7. The van der Waals surface area contributed by atoms with Gasteiger partial charge in [0, 0.05) is 0 Å². The summed E-state index contributed by atoms with van der Waals surface area (Å²) >= 11 is 1.11. The topological polar surface area (TPSA) is 58.1 Å². The first-order valence-corrected chi connectivity index (χ1v) is 7.30. The van der Waals surface area contributed by atoms with E-state index < -0.39 is 0 Å². The molecule has 1 amide bonds. The molecule has 0 saturated carbocycles. The van der Waals surface area contributed by atoms with Gasteiger partial charge in [-0.15, -0.1) is 5.10 Å². The van der Waals surface area contributed by atoms with Crippen LogP contribution in [0.2, 0.25) is 0 Å². The van der Waals surface area contributed by atoms with Crippen LogP contribution in [0.5, 0.6) is 0 Å². The van der Waals surface area contributed by atoms with Crippen molar-refractivity contribution in [2.24, 2.45) is 0 Å². The number of amides is 1. The highest BCUT2D eigenvalue weighted by molar-refractivity contribution is 7.07. The maximum Gasteiger partial charge on any atom is 0.265 e. The molecule has 0 bridgehead atoms. The molecular weight excluding hydrogens is 260 g/mol. The molecule has 2 heterocycles. The van der Waals surface area contributed by atoms with Gasteiger partial charge in [-0.25, -0.2) is 0 Å². The van der Waals surface area contributed by atoms with Crippen LogP contribution in [0.1, 0.15) is 34.6 Å². The molecule has 102 valence electrons. The fourth-order valence-electron chi connectivity index (χ4n) is 1.99. The Morgan fingerprint density at radius 2 is 2.16 bits per heavy atom. The second-order valence-corrected chi connectivity index (χ2v) is 5.31. The van der Waals surface area contributed by atoms with Gasteiger partial charge < -0.3 is 5.32 Å². The number of nitrogens with zero attached hydrogens (tertiary/aromatic N) is 3. The molecular formula is C13H18N4OS. The molecule has 1 aliphatic heterocycles. The molecule has 0 aromatic carbocycles. The molecule has 1 aromatic heterocycles. The summed E-state index contributed by atoms with van der Waals surface area (Å²) in [6, 6.07) is 0. The van der Waals surface area contributed by atoms with E-state index in [9.17, 15) is 4.79 Å². The number of aromatic nitrogens is 2. The van der Waals surface area contributed by atoms with Crippen molar-refractivity contribution < 1.29 is 4.79 Å². The van der Waals surface area contributed by atoms with Crippen molar-refractivity contribution in [2.45, 2.75) is 26.2 Å². The zero-order valence-corrected chi connectivity index (χ0v) is 11.9. The second-order valence-electron chi connectivity index (χ2n) is 4.56. The van der Waals surface area contributed by atoms with Gasteiger partial charge in [0.05, 0.1) is 18.8 Å². The molecule has 0 spiro atoms. The fraction of sp³-hybridized carbons (Fsp3) is 0.615. The predicted octanol–water partition coefficient (Wildman–Crippen LogP) is 1.07. The lowest BCUT2D eigenvalue weighted by atomic mass is 10.1. The van der Waals surface area contributed by atoms with Gasteiger partial charge in [-0.1, -0.05) is 22.7 Å². The van der Waals surface area contributed by atoms with Crippen LogP contribution >= 0.6 is 11.5 Å². The first-order valence-electron chi connectivity index (χ1n) is 6.52. The van der Waals surface area contributed by atoms with Crippen LogP contribution < -0.4 is 5.32 Å². The van der Waals surface area contributed by atoms with E-state index in [4.69, 9.17) is 0 Å². The summed E-state index contributed by atoms with van der Waals surface area (Å²) in [4.78, 5) is 14.7. The lowest BCUT2D eigenvalue weighted by Gasteiger charge is -2.23. The van der Waals surface area contributed by atoms with Gasteiger partial charge in [-0.3, -0.25) is 9.69 Å². The lowest BCUT2D eigenvalue weighted by molar-refractivity contribution is 0.0962. The van der Waals surface area contributed by atoms with E-state index in [1.807, 2.05) is 0 Å². The summed E-state index contributed by atoms with van der Waals surface area (Å²) in [5, 5.41) is 6.57. The number of nitrogens with one attached hydrogen (secondary N) is 1. The lowest BCUT2D eigenvalue weighted by Crippen LogP contribution is -2.30. The summed E-state index contributed by atoms with van der Waals surface area (Å²) < 4.78 is 3.74. The minimum atomic E-state index is -0.139. The van der Waals surface area contributed by atoms with Gasteiger partial charge in [0.1, 0.15) is 4.88 Å². The van der Waals surface area contributed by atoms with E-state index in [-0.39, 0.29) is 5.91 Å². The van der Waals surface area contributed by atoms with E-state index in [1.165, 1.54) is 19.3 Å². The third-order valence-electron chi connectivity index (χ3n) is 3.07. The highest BCUT2D eigenvalue weighted by Gasteiger charge is 2.11. The van der Waals surface area contributed by atoms with Gasteiger partial charge in [0.2, 0.25) is 0 Å². The number of carbonyl (C=O) groups excluding carboxylic acids is 1. The number of rotatable bonds is 3. The quantitative estimate of drug-likeness (QED) is 0.840. The molecule has 0 atom stereocenters. The number of hydrogen-bond acceptors (Lipinski definition) is 5. The van der Waals surface area contributed by atoms with Crippen molar-refractivity contribution in [2.75, 3.05) is 26.2 Å². The van der Waals surface area contributed by atoms with Crippen molar-refractivity contribution in [3.8, 4) is 11.8 Å². The Bertz CT molecular complexity index is 482. The maximum absolute atomic E-state index is 11.7. The molecule has 1 aliphatic rings. The average molecular weight is 278 g/mol. The number of likely N-dealkylation sites (tertiary alicyclic amines) is 1. The summed E-state index contributed by atoms with van der Waals surface area (Å²) in [5.74, 6) is 5.95. The van der Waals surface area contributed by atoms with Crippen LogP contribution in [0.25, 0.3) is 0 Å². The Hall–Kier alpha value is -1.45. The van der Waals surface area contributed by atoms with Gasteiger partial charge in [0.15, 0.2) is 0 Å². The number of aryl methyl sites for hydroxylation is 1. The number of piperidine rings is 1. The standard InChI is InChI=1S/C13H18N4OS/c1-11-12(19-16-15-11)13(18)14-7-3-6-10-17-8-4-2-5-9-17/h2,4-5,7-10H2,1H3,(H,14,18). The van der Waals surface area contributed by atoms with E-state index in [1.54, 1.807) is 6.92 Å². The monoisotopic (exact) mass is 278 g/mol. The van der Waals surface area contributed by atoms with Crippen LogP contribution in [0, 0.1) is 18.8 Å². The van der Waals surface area contributed by atoms with E-state index >= 15 is 0 Å². The molecule has 0 aliphatic carbocycles. The van der Waals surface area contributed by atoms with Crippen molar-refractivity contribution in [1.82, 2.24) is 19.8 Å². The number of carbonyl (C=O) groups is 1. The SMILES string of the molecule is Cc1nnsc1C(=O)NCC#CCN1CCCCC1. The van der Waals surface area contributed by atoms with E-state index in [0.29, 0.717) is 17.1 Å². The van der Waals surface area contributed by atoms with Gasteiger partial charge >= 0.3 is 0 Å². The molecule has 5 nitrogen and oxygen atoms in total. The van der Waals surface area contributed by atoms with Crippen LogP contribution in [0.4, 0.5) is 0 Å². The zero-order valence-electron chi connectivity index (χ0n) is 11.1. The van der Waals surface area contributed by atoms with Crippen molar-refractivity contribution in [3.63, 3.8) is 0 Å².